The van der Waals surface area contributed by atoms with Gasteiger partial charge in [0.15, 0.2) is 0 Å². The summed E-state index contributed by atoms with van der Waals surface area (Å²) in [7, 11) is 4.04. The first-order valence-corrected chi connectivity index (χ1v) is 9.23. The Hall–Kier alpha value is -2.50. The number of imidazole rings is 1. The van der Waals surface area contributed by atoms with Gasteiger partial charge in [0, 0.05) is 37.6 Å². The summed E-state index contributed by atoms with van der Waals surface area (Å²) < 4.78 is 13.5. The molecule has 142 valence electrons. The Morgan fingerprint density at radius 1 is 1.00 bits per heavy atom. The van der Waals surface area contributed by atoms with E-state index < -0.39 is 0 Å². The maximum absolute atomic E-state index is 5.87. The Bertz CT molecular complexity index is 831. The van der Waals surface area contributed by atoms with Crippen LogP contribution >= 0.6 is 11.6 Å². The zero-order valence-electron chi connectivity index (χ0n) is 15.6. The van der Waals surface area contributed by atoms with Gasteiger partial charge in [-0.2, -0.15) is 0 Å². The van der Waals surface area contributed by atoms with Crippen LogP contribution in [0.3, 0.4) is 0 Å². The van der Waals surface area contributed by atoms with Crippen LogP contribution in [0.5, 0.6) is 11.5 Å². The van der Waals surface area contributed by atoms with Gasteiger partial charge in [-0.1, -0.05) is 23.7 Å². The number of nitrogens with zero attached hydrogens (tertiary/aromatic N) is 3. The van der Waals surface area contributed by atoms with Crippen molar-refractivity contribution in [1.29, 1.82) is 0 Å². The zero-order chi connectivity index (χ0) is 19.1. The van der Waals surface area contributed by atoms with Gasteiger partial charge in [-0.05, 0) is 49.0 Å². The van der Waals surface area contributed by atoms with E-state index in [0.29, 0.717) is 18.2 Å². The predicted molar refractivity (Wildman–Crippen MR) is 107 cm³/mol. The van der Waals surface area contributed by atoms with Crippen LogP contribution in [-0.4, -0.2) is 34.7 Å². The molecule has 0 spiro atoms. The van der Waals surface area contributed by atoms with Crippen molar-refractivity contribution < 1.29 is 9.47 Å². The summed E-state index contributed by atoms with van der Waals surface area (Å²) in [5.41, 5.74) is 1.23. The molecule has 5 nitrogen and oxygen atoms in total. The number of likely N-dealkylation sites (N-methyl/N-ethyl adjacent to an activating group) is 1. The minimum absolute atomic E-state index is 0.463. The van der Waals surface area contributed by atoms with Crippen LogP contribution in [0.25, 0.3) is 0 Å². The van der Waals surface area contributed by atoms with Gasteiger partial charge in [-0.25, -0.2) is 4.98 Å². The predicted octanol–water partition coefficient (Wildman–Crippen LogP) is 4.16. The molecule has 0 radical (unpaired) electrons. The first kappa shape index (κ1) is 19.3. The molecule has 6 heteroatoms. The maximum atomic E-state index is 5.87. The molecule has 0 atom stereocenters. The summed E-state index contributed by atoms with van der Waals surface area (Å²) in [6, 6.07) is 15.6. The molecule has 0 aliphatic rings. The molecule has 0 saturated carbocycles. The van der Waals surface area contributed by atoms with Crippen LogP contribution in [-0.2, 0) is 20.2 Å². The Balaban J connectivity index is 1.40. The summed E-state index contributed by atoms with van der Waals surface area (Å²) in [5, 5.41) is 0.715. The van der Waals surface area contributed by atoms with Crippen molar-refractivity contribution in [1.82, 2.24) is 14.5 Å². The highest BCUT2D eigenvalue weighted by atomic mass is 35.5. The summed E-state index contributed by atoms with van der Waals surface area (Å²) in [6.07, 6.45) is 3.68. The first-order chi connectivity index (χ1) is 13.1. The molecule has 0 bridgehead atoms. The fourth-order valence-electron chi connectivity index (χ4n) is 2.62. The van der Waals surface area contributed by atoms with Gasteiger partial charge >= 0.3 is 0 Å². The summed E-state index contributed by atoms with van der Waals surface area (Å²) >= 11 is 5.87. The Kier molecular flexibility index (Phi) is 6.74. The molecule has 0 unspecified atom stereocenters. The van der Waals surface area contributed by atoms with Crippen LogP contribution < -0.4 is 9.47 Å². The van der Waals surface area contributed by atoms with E-state index in [1.165, 1.54) is 5.56 Å². The van der Waals surface area contributed by atoms with Crippen molar-refractivity contribution in [2.45, 2.75) is 13.2 Å². The molecule has 0 aliphatic heterocycles. The Morgan fingerprint density at radius 2 is 1.67 bits per heavy atom. The van der Waals surface area contributed by atoms with Crippen molar-refractivity contribution >= 4 is 11.6 Å². The van der Waals surface area contributed by atoms with E-state index in [0.717, 1.165) is 30.4 Å². The molecule has 0 N–H and O–H groups in total. The van der Waals surface area contributed by atoms with Gasteiger partial charge in [-0.15, -0.1) is 0 Å². The summed E-state index contributed by atoms with van der Waals surface area (Å²) in [6.45, 7) is 2.78. The summed E-state index contributed by atoms with van der Waals surface area (Å²) in [4.78, 5) is 6.48. The van der Waals surface area contributed by atoms with Gasteiger partial charge in [-0.3, -0.25) is 4.90 Å². The first-order valence-electron chi connectivity index (χ1n) is 8.85. The number of halogens is 1. The van der Waals surface area contributed by atoms with E-state index in [4.69, 9.17) is 21.1 Å². The van der Waals surface area contributed by atoms with Gasteiger partial charge in [0.05, 0.1) is 0 Å². The lowest BCUT2D eigenvalue weighted by Gasteiger charge is -2.17. The monoisotopic (exact) mass is 385 g/mol. The normalized spacial score (nSPS) is 11.0. The molecule has 1 heterocycles. The highest BCUT2D eigenvalue weighted by Gasteiger charge is 2.04. The molecular formula is C21H24ClN3O2. The minimum Gasteiger partial charge on any atom is -0.492 e. The topological polar surface area (TPSA) is 39.5 Å². The van der Waals surface area contributed by atoms with Crippen LogP contribution in [0.2, 0.25) is 5.02 Å². The van der Waals surface area contributed by atoms with Crippen molar-refractivity contribution in [3.63, 3.8) is 0 Å². The Labute approximate surface area is 165 Å². The lowest BCUT2D eigenvalue weighted by Crippen LogP contribution is -2.23. The maximum Gasteiger partial charge on any atom is 0.146 e. The van der Waals surface area contributed by atoms with Crippen molar-refractivity contribution in [2.75, 3.05) is 20.2 Å². The van der Waals surface area contributed by atoms with Crippen molar-refractivity contribution in [3.05, 3.63) is 77.3 Å². The molecule has 1 aromatic heterocycles. The van der Waals surface area contributed by atoms with Crippen molar-refractivity contribution in [2.24, 2.45) is 7.05 Å². The third-order valence-electron chi connectivity index (χ3n) is 4.22. The quantitative estimate of drug-likeness (QED) is 0.554. The van der Waals surface area contributed by atoms with E-state index in [2.05, 4.69) is 29.1 Å². The van der Waals surface area contributed by atoms with Gasteiger partial charge in [0.1, 0.15) is 30.5 Å². The highest BCUT2D eigenvalue weighted by Crippen LogP contribution is 2.16. The van der Waals surface area contributed by atoms with Gasteiger partial charge < -0.3 is 14.0 Å². The molecule has 27 heavy (non-hydrogen) atoms. The molecule has 0 saturated heterocycles. The van der Waals surface area contributed by atoms with E-state index in [1.807, 2.05) is 54.2 Å². The number of hydrogen-bond acceptors (Lipinski definition) is 4. The number of rotatable bonds is 9. The van der Waals surface area contributed by atoms with Crippen molar-refractivity contribution in [3.8, 4) is 11.5 Å². The van der Waals surface area contributed by atoms with Crippen LogP contribution in [0, 0.1) is 0 Å². The lowest BCUT2D eigenvalue weighted by molar-refractivity contribution is 0.232. The number of hydrogen-bond donors (Lipinski definition) is 0. The average Bonchev–Trinajstić information content (AvgIpc) is 3.08. The fraction of sp³-hybridized carbons (Fsp3) is 0.286. The lowest BCUT2D eigenvalue weighted by atomic mass is 10.2. The number of aryl methyl sites for hydroxylation is 1. The molecule has 0 amide bonds. The SMILES string of the molecule is CN(CCOc1ccc(Cl)cc1)Cc1ccc(OCc2nccn2C)cc1. The largest absolute Gasteiger partial charge is 0.492 e. The van der Waals surface area contributed by atoms with E-state index in [-0.39, 0.29) is 0 Å². The molecule has 0 fully saturated rings. The molecular weight excluding hydrogens is 362 g/mol. The molecule has 3 aromatic rings. The minimum atomic E-state index is 0.463. The van der Waals surface area contributed by atoms with E-state index in [1.54, 1.807) is 6.20 Å². The number of ether oxygens (including phenoxy) is 2. The Morgan fingerprint density at radius 3 is 2.33 bits per heavy atom. The van der Waals surface area contributed by atoms with Crippen LogP contribution in [0.15, 0.2) is 60.9 Å². The number of aromatic nitrogens is 2. The van der Waals surface area contributed by atoms with E-state index in [9.17, 15) is 0 Å². The second kappa shape index (κ2) is 9.44. The molecule has 2 aromatic carbocycles. The zero-order valence-corrected chi connectivity index (χ0v) is 16.4. The highest BCUT2D eigenvalue weighted by molar-refractivity contribution is 6.30. The number of benzene rings is 2. The molecule has 0 aliphatic carbocycles. The molecule has 3 rings (SSSR count). The third kappa shape index (κ3) is 6.01. The van der Waals surface area contributed by atoms with Gasteiger partial charge in [0.2, 0.25) is 0 Å². The van der Waals surface area contributed by atoms with Crippen LogP contribution in [0.1, 0.15) is 11.4 Å². The van der Waals surface area contributed by atoms with Crippen LogP contribution in [0.4, 0.5) is 0 Å². The second-order valence-electron chi connectivity index (χ2n) is 6.43. The smallest absolute Gasteiger partial charge is 0.146 e. The van der Waals surface area contributed by atoms with E-state index >= 15 is 0 Å². The third-order valence-corrected chi connectivity index (χ3v) is 4.47. The van der Waals surface area contributed by atoms with Gasteiger partial charge in [0.25, 0.3) is 0 Å². The fourth-order valence-corrected chi connectivity index (χ4v) is 2.74. The average molecular weight is 386 g/mol. The standard InChI is InChI=1S/C21H24ClN3O2/c1-24(13-14-26-19-9-5-18(22)6-10-19)15-17-3-7-20(8-4-17)27-16-21-23-11-12-25(21)2/h3-12H,13-16H2,1-2H3. The summed E-state index contributed by atoms with van der Waals surface area (Å²) in [5.74, 6) is 2.58. The second-order valence-corrected chi connectivity index (χ2v) is 6.86.